The first-order valence-corrected chi connectivity index (χ1v) is 9.42. The van der Waals surface area contributed by atoms with Crippen LogP contribution in [-0.4, -0.2) is 35.9 Å². The van der Waals surface area contributed by atoms with Crippen LogP contribution in [0.3, 0.4) is 0 Å². The number of carbonyl (C=O) groups is 1. The van der Waals surface area contributed by atoms with E-state index in [2.05, 4.69) is 10.4 Å². The van der Waals surface area contributed by atoms with Crippen molar-refractivity contribution in [3.05, 3.63) is 47.3 Å². The first-order valence-electron chi connectivity index (χ1n) is 7.77. The van der Waals surface area contributed by atoms with E-state index < -0.39 is 15.9 Å². The van der Waals surface area contributed by atoms with E-state index in [1.165, 1.54) is 0 Å². The molecule has 1 N–H and O–H groups in total. The first-order chi connectivity index (χ1) is 11.2. The van der Waals surface area contributed by atoms with Gasteiger partial charge in [0.25, 0.3) is 0 Å². The average molecular weight is 349 g/mol. The van der Waals surface area contributed by atoms with Crippen LogP contribution in [-0.2, 0) is 21.2 Å². The molecule has 1 aromatic carbocycles. The molecule has 0 unspecified atom stereocenters. The van der Waals surface area contributed by atoms with Gasteiger partial charge in [-0.2, -0.15) is 5.10 Å². The van der Waals surface area contributed by atoms with E-state index >= 15 is 0 Å². The number of aryl methyl sites for hydroxylation is 3. The summed E-state index contributed by atoms with van der Waals surface area (Å²) in [5.41, 5.74) is 2.73. The van der Waals surface area contributed by atoms with Crippen molar-refractivity contribution >= 4 is 15.7 Å². The van der Waals surface area contributed by atoms with Gasteiger partial charge in [-0.05, 0) is 45.9 Å². The quantitative estimate of drug-likeness (QED) is 0.862. The lowest BCUT2D eigenvalue weighted by Crippen LogP contribution is -2.39. The summed E-state index contributed by atoms with van der Waals surface area (Å²) in [5.74, 6) is -0.397. The van der Waals surface area contributed by atoms with Crippen molar-refractivity contribution in [1.82, 2.24) is 15.1 Å². The number of sulfone groups is 1. The van der Waals surface area contributed by atoms with Crippen LogP contribution in [0, 0.1) is 20.8 Å². The molecule has 0 spiro atoms. The van der Waals surface area contributed by atoms with Crippen LogP contribution in [0.2, 0.25) is 0 Å². The largest absolute Gasteiger partial charge is 0.351 e. The summed E-state index contributed by atoms with van der Waals surface area (Å²) in [5, 5.41) is 6.95. The van der Waals surface area contributed by atoms with Gasteiger partial charge in [-0.3, -0.25) is 9.48 Å². The number of benzene rings is 1. The van der Waals surface area contributed by atoms with Crippen LogP contribution < -0.4 is 5.32 Å². The Hall–Kier alpha value is -2.15. The van der Waals surface area contributed by atoms with Crippen molar-refractivity contribution in [2.24, 2.45) is 0 Å². The molecule has 2 rings (SSSR count). The monoisotopic (exact) mass is 349 g/mol. The summed E-state index contributed by atoms with van der Waals surface area (Å²) in [6.07, 6.45) is 0. The Balaban J connectivity index is 1.96. The van der Waals surface area contributed by atoms with Gasteiger partial charge in [0.1, 0.15) is 6.54 Å². The molecule has 130 valence electrons. The smallest absolute Gasteiger partial charge is 0.241 e. The summed E-state index contributed by atoms with van der Waals surface area (Å²) < 4.78 is 26.4. The van der Waals surface area contributed by atoms with Gasteiger partial charge in [-0.25, -0.2) is 8.42 Å². The Kier molecular flexibility index (Phi) is 5.43. The summed E-state index contributed by atoms with van der Waals surface area (Å²) in [4.78, 5) is 12.4. The molecule has 6 nitrogen and oxygen atoms in total. The molecule has 0 bridgehead atoms. The fourth-order valence-corrected chi connectivity index (χ4v) is 3.99. The van der Waals surface area contributed by atoms with Gasteiger partial charge in [0, 0.05) is 11.7 Å². The van der Waals surface area contributed by atoms with Crippen molar-refractivity contribution in [2.45, 2.75) is 45.2 Å². The fourth-order valence-electron chi connectivity index (χ4n) is 2.50. The molecule has 7 heteroatoms. The number of nitrogens with zero attached hydrogens (tertiary/aromatic N) is 2. The maximum atomic E-state index is 12.4. The Labute approximate surface area is 142 Å². The van der Waals surface area contributed by atoms with Gasteiger partial charge in [-0.15, -0.1) is 0 Å². The number of rotatable bonds is 6. The predicted molar refractivity (Wildman–Crippen MR) is 92.5 cm³/mol. The third-order valence-electron chi connectivity index (χ3n) is 3.65. The molecule has 1 heterocycles. The normalized spacial score (nSPS) is 12.8. The molecule has 0 saturated carbocycles. The lowest BCUT2D eigenvalue weighted by Gasteiger charge is -2.15. The Morgan fingerprint density at radius 3 is 2.38 bits per heavy atom. The number of carbonyl (C=O) groups excluding carboxylic acids is 1. The van der Waals surface area contributed by atoms with Crippen LogP contribution in [0.5, 0.6) is 0 Å². The number of amides is 1. The molecule has 1 atom stereocenters. The molecule has 0 aliphatic rings. The molecular weight excluding hydrogens is 326 g/mol. The standard InChI is InChI=1S/C17H23N3O3S/c1-12-5-7-16(8-6-12)24(22,23)11-14(3)18-17(21)10-20-15(4)9-13(2)19-20/h5-9,14H,10-11H2,1-4H3,(H,18,21)/t14-/m1/s1. The van der Waals surface area contributed by atoms with E-state index in [-0.39, 0.29) is 23.1 Å². The third-order valence-corrected chi connectivity index (χ3v) is 5.58. The second-order valence-corrected chi connectivity index (χ2v) is 8.18. The topological polar surface area (TPSA) is 81.1 Å². The highest BCUT2D eigenvalue weighted by Crippen LogP contribution is 2.13. The van der Waals surface area contributed by atoms with Crippen LogP contribution in [0.15, 0.2) is 35.2 Å². The molecule has 24 heavy (non-hydrogen) atoms. The molecule has 0 aliphatic heterocycles. The minimum atomic E-state index is -3.44. The molecule has 0 saturated heterocycles. The van der Waals surface area contributed by atoms with Crippen molar-refractivity contribution in [3.63, 3.8) is 0 Å². The average Bonchev–Trinajstić information content (AvgIpc) is 2.76. The highest BCUT2D eigenvalue weighted by atomic mass is 32.2. The van der Waals surface area contributed by atoms with Crippen LogP contribution >= 0.6 is 0 Å². The third kappa shape index (κ3) is 4.67. The van der Waals surface area contributed by atoms with Gasteiger partial charge >= 0.3 is 0 Å². The Morgan fingerprint density at radius 2 is 1.83 bits per heavy atom. The minimum Gasteiger partial charge on any atom is -0.351 e. The van der Waals surface area contributed by atoms with Crippen molar-refractivity contribution in [2.75, 3.05) is 5.75 Å². The van der Waals surface area contributed by atoms with Crippen LogP contribution in [0.25, 0.3) is 0 Å². The van der Waals surface area contributed by atoms with E-state index in [0.29, 0.717) is 0 Å². The zero-order valence-electron chi connectivity index (χ0n) is 14.4. The number of hydrogen-bond donors (Lipinski definition) is 1. The number of aromatic nitrogens is 2. The molecule has 2 aromatic rings. The highest BCUT2D eigenvalue weighted by molar-refractivity contribution is 7.91. The van der Waals surface area contributed by atoms with E-state index in [0.717, 1.165) is 17.0 Å². The maximum absolute atomic E-state index is 12.4. The molecule has 0 fully saturated rings. The van der Waals surface area contributed by atoms with Crippen molar-refractivity contribution in [3.8, 4) is 0 Å². The van der Waals surface area contributed by atoms with Gasteiger partial charge in [-0.1, -0.05) is 17.7 Å². The van der Waals surface area contributed by atoms with Gasteiger partial charge in [0.2, 0.25) is 5.91 Å². The summed E-state index contributed by atoms with van der Waals surface area (Å²) in [7, 11) is -3.44. The van der Waals surface area contributed by atoms with Crippen LogP contribution in [0.1, 0.15) is 23.9 Å². The van der Waals surface area contributed by atoms with E-state index in [4.69, 9.17) is 0 Å². The fraction of sp³-hybridized carbons (Fsp3) is 0.412. The maximum Gasteiger partial charge on any atom is 0.241 e. The zero-order valence-corrected chi connectivity index (χ0v) is 15.2. The second kappa shape index (κ2) is 7.17. The molecular formula is C17H23N3O3S. The number of nitrogens with one attached hydrogen (secondary N) is 1. The van der Waals surface area contributed by atoms with Gasteiger partial charge in [0.05, 0.1) is 16.3 Å². The van der Waals surface area contributed by atoms with E-state index in [1.54, 1.807) is 35.9 Å². The van der Waals surface area contributed by atoms with E-state index in [1.807, 2.05) is 26.8 Å². The van der Waals surface area contributed by atoms with Crippen molar-refractivity contribution in [1.29, 1.82) is 0 Å². The minimum absolute atomic E-state index is 0.0780. The second-order valence-electron chi connectivity index (χ2n) is 6.15. The zero-order chi connectivity index (χ0) is 17.9. The van der Waals surface area contributed by atoms with Gasteiger partial charge in [0.15, 0.2) is 9.84 Å². The lowest BCUT2D eigenvalue weighted by molar-refractivity contribution is -0.122. The number of hydrogen-bond acceptors (Lipinski definition) is 4. The highest BCUT2D eigenvalue weighted by Gasteiger charge is 2.20. The summed E-state index contributed by atoms with van der Waals surface area (Å²) >= 11 is 0. The Morgan fingerprint density at radius 1 is 1.21 bits per heavy atom. The van der Waals surface area contributed by atoms with Crippen LogP contribution in [0.4, 0.5) is 0 Å². The van der Waals surface area contributed by atoms with E-state index in [9.17, 15) is 13.2 Å². The van der Waals surface area contributed by atoms with Crippen molar-refractivity contribution < 1.29 is 13.2 Å². The Bertz CT molecular complexity index is 823. The predicted octanol–water partition coefficient (Wildman–Crippen LogP) is 1.79. The van der Waals surface area contributed by atoms with Gasteiger partial charge < -0.3 is 5.32 Å². The lowest BCUT2D eigenvalue weighted by atomic mass is 10.2. The molecule has 0 aliphatic carbocycles. The molecule has 0 radical (unpaired) electrons. The first kappa shape index (κ1) is 18.2. The molecule has 1 aromatic heterocycles. The molecule has 1 amide bonds. The SMILES string of the molecule is Cc1ccc(S(=O)(=O)C[C@@H](C)NC(=O)Cn2nc(C)cc2C)cc1. The summed E-state index contributed by atoms with van der Waals surface area (Å²) in [6.45, 7) is 7.40. The summed E-state index contributed by atoms with van der Waals surface area (Å²) in [6, 6.07) is 8.11.